The van der Waals surface area contributed by atoms with E-state index in [-0.39, 0.29) is 40.8 Å². The summed E-state index contributed by atoms with van der Waals surface area (Å²) in [5.41, 5.74) is 0.102. The number of hydrogen-bond acceptors (Lipinski definition) is 5. The highest BCUT2D eigenvalue weighted by molar-refractivity contribution is 7.89. The Morgan fingerprint density at radius 1 is 1.00 bits per heavy atom. The van der Waals surface area contributed by atoms with Crippen molar-refractivity contribution in [3.8, 4) is 5.75 Å². The molecular weight excluding hydrogens is 438 g/mol. The molecule has 0 N–H and O–H groups in total. The normalized spacial score (nSPS) is 20.0. The Bertz CT molecular complexity index is 1230. The van der Waals surface area contributed by atoms with Crippen LogP contribution in [0.5, 0.6) is 5.75 Å². The van der Waals surface area contributed by atoms with Gasteiger partial charge in [-0.2, -0.15) is 4.31 Å². The molecule has 31 heavy (non-hydrogen) atoms. The van der Waals surface area contributed by atoms with E-state index in [9.17, 15) is 13.2 Å². The van der Waals surface area contributed by atoms with Crippen molar-refractivity contribution in [1.29, 1.82) is 0 Å². The van der Waals surface area contributed by atoms with Gasteiger partial charge in [0.05, 0.1) is 22.8 Å². The molecule has 3 aromatic carbocycles. The van der Waals surface area contributed by atoms with Crippen molar-refractivity contribution in [3.63, 3.8) is 0 Å². The molecule has 1 heterocycles. The maximum absolute atomic E-state index is 13.2. The summed E-state index contributed by atoms with van der Waals surface area (Å²) in [7, 11) is -3.90. The molecule has 1 fully saturated rings. The Labute approximate surface area is 186 Å². The number of esters is 1. The molecule has 1 saturated heterocycles. The number of hydrogen-bond donors (Lipinski definition) is 0. The zero-order valence-electron chi connectivity index (χ0n) is 17.1. The average molecular weight is 460 g/mol. The number of carbonyl (C=O) groups excluding carboxylic acids is 1. The lowest BCUT2D eigenvalue weighted by molar-refractivity contribution is -0.0440. The van der Waals surface area contributed by atoms with Crippen molar-refractivity contribution in [1.82, 2.24) is 4.31 Å². The predicted molar refractivity (Wildman–Crippen MR) is 119 cm³/mol. The molecule has 2 atom stereocenters. The highest BCUT2D eigenvalue weighted by Gasteiger charge is 2.34. The Morgan fingerprint density at radius 2 is 1.68 bits per heavy atom. The third kappa shape index (κ3) is 4.60. The number of rotatable bonds is 4. The highest BCUT2D eigenvalue weighted by atomic mass is 35.5. The van der Waals surface area contributed by atoms with E-state index in [4.69, 9.17) is 21.1 Å². The van der Waals surface area contributed by atoms with E-state index in [2.05, 4.69) is 0 Å². The van der Waals surface area contributed by atoms with Crippen LogP contribution < -0.4 is 4.74 Å². The van der Waals surface area contributed by atoms with E-state index in [0.717, 1.165) is 10.8 Å². The van der Waals surface area contributed by atoms with E-state index in [0.29, 0.717) is 5.75 Å². The fourth-order valence-electron chi connectivity index (χ4n) is 3.69. The molecular formula is C23H22ClNO5S. The minimum atomic E-state index is -3.90. The molecule has 4 rings (SSSR count). The summed E-state index contributed by atoms with van der Waals surface area (Å²) in [6.45, 7) is 4.07. The minimum absolute atomic E-state index is 0.0500. The topological polar surface area (TPSA) is 72.9 Å². The Balaban J connectivity index is 1.61. The van der Waals surface area contributed by atoms with Crippen LogP contribution in [-0.4, -0.2) is 44.0 Å². The van der Waals surface area contributed by atoms with Gasteiger partial charge in [-0.3, -0.25) is 0 Å². The van der Waals surface area contributed by atoms with Gasteiger partial charge in [-0.1, -0.05) is 41.9 Å². The van der Waals surface area contributed by atoms with Gasteiger partial charge in [0.1, 0.15) is 10.6 Å². The molecule has 0 radical (unpaired) electrons. The molecule has 3 aromatic rings. The number of benzene rings is 3. The number of carbonyl (C=O) groups is 1. The summed E-state index contributed by atoms with van der Waals surface area (Å²) in [4.78, 5) is 12.6. The van der Waals surface area contributed by atoms with Gasteiger partial charge in [-0.25, -0.2) is 13.2 Å². The Hall–Kier alpha value is -2.45. The van der Waals surface area contributed by atoms with Crippen molar-refractivity contribution in [2.45, 2.75) is 31.0 Å². The monoisotopic (exact) mass is 459 g/mol. The molecule has 0 amide bonds. The summed E-state index contributed by atoms with van der Waals surface area (Å²) in [5, 5.41) is 2.01. The van der Waals surface area contributed by atoms with Gasteiger partial charge in [-0.15, -0.1) is 0 Å². The quantitative estimate of drug-likeness (QED) is 0.424. The van der Waals surface area contributed by atoms with E-state index in [1.54, 1.807) is 12.1 Å². The van der Waals surface area contributed by atoms with Crippen LogP contribution in [0.2, 0.25) is 5.02 Å². The number of sulfonamides is 1. The summed E-state index contributed by atoms with van der Waals surface area (Å²) in [6.07, 6.45) is -0.475. The molecule has 0 spiro atoms. The number of nitrogens with zero attached hydrogens (tertiary/aromatic N) is 1. The molecule has 8 heteroatoms. The number of morpholine rings is 1. The van der Waals surface area contributed by atoms with E-state index >= 15 is 0 Å². The average Bonchev–Trinajstić information content (AvgIpc) is 2.73. The van der Waals surface area contributed by atoms with Crippen LogP contribution in [0.15, 0.2) is 65.6 Å². The fourth-order valence-corrected chi connectivity index (χ4v) is 5.78. The van der Waals surface area contributed by atoms with Crippen LogP contribution in [0.25, 0.3) is 10.8 Å². The first kappa shape index (κ1) is 21.8. The van der Waals surface area contributed by atoms with Crippen LogP contribution in [0.4, 0.5) is 0 Å². The van der Waals surface area contributed by atoms with Crippen LogP contribution in [0, 0.1) is 0 Å². The number of fused-ring (bicyclic) bond motifs is 1. The second-order valence-corrected chi connectivity index (χ2v) is 9.94. The second kappa shape index (κ2) is 8.59. The van der Waals surface area contributed by atoms with Crippen molar-refractivity contribution in [2.75, 3.05) is 13.1 Å². The van der Waals surface area contributed by atoms with Gasteiger partial charge in [0.2, 0.25) is 10.0 Å². The smallest absolute Gasteiger partial charge is 0.343 e. The first-order valence-electron chi connectivity index (χ1n) is 9.90. The van der Waals surface area contributed by atoms with Gasteiger partial charge >= 0.3 is 5.97 Å². The summed E-state index contributed by atoms with van der Waals surface area (Å²) < 4.78 is 38.9. The van der Waals surface area contributed by atoms with Gasteiger partial charge in [0.15, 0.2) is 0 Å². The first-order valence-corrected chi connectivity index (χ1v) is 11.7. The molecule has 1 aliphatic heterocycles. The third-order valence-corrected chi connectivity index (χ3v) is 7.42. The molecule has 0 aromatic heterocycles. The lowest BCUT2D eigenvalue weighted by Crippen LogP contribution is -2.48. The molecule has 0 aliphatic carbocycles. The van der Waals surface area contributed by atoms with Gasteiger partial charge < -0.3 is 9.47 Å². The Kier molecular flexibility index (Phi) is 6.03. The van der Waals surface area contributed by atoms with Crippen LogP contribution >= 0.6 is 11.6 Å². The van der Waals surface area contributed by atoms with Gasteiger partial charge in [0, 0.05) is 13.1 Å². The summed E-state index contributed by atoms with van der Waals surface area (Å²) in [5.74, 6) is -0.286. The van der Waals surface area contributed by atoms with E-state index in [1.807, 2.05) is 44.2 Å². The SMILES string of the molecule is CC1CN(S(=O)(=O)c2cc(C(=O)Oc3ccc4ccccc4c3)ccc2Cl)CC(C)O1. The summed E-state index contributed by atoms with van der Waals surface area (Å²) >= 11 is 6.21. The van der Waals surface area contributed by atoms with Crippen LogP contribution in [0.1, 0.15) is 24.2 Å². The van der Waals surface area contributed by atoms with Gasteiger partial charge in [-0.05, 0) is 55.0 Å². The number of halogens is 1. The zero-order valence-corrected chi connectivity index (χ0v) is 18.7. The maximum atomic E-state index is 13.2. The highest BCUT2D eigenvalue weighted by Crippen LogP contribution is 2.29. The number of ether oxygens (including phenoxy) is 2. The predicted octanol–water partition coefficient (Wildman–Crippen LogP) is 4.51. The lowest BCUT2D eigenvalue weighted by Gasteiger charge is -2.34. The Morgan fingerprint density at radius 3 is 2.39 bits per heavy atom. The third-order valence-electron chi connectivity index (χ3n) is 5.10. The molecule has 0 saturated carbocycles. The molecule has 0 bridgehead atoms. The summed E-state index contributed by atoms with van der Waals surface area (Å²) in [6, 6.07) is 17.2. The van der Waals surface area contributed by atoms with E-state index in [1.165, 1.54) is 22.5 Å². The van der Waals surface area contributed by atoms with Crippen molar-refractivity contribution < 1.29 is 22.7 Å². The van der Waals surface area contributed by atoms with Gasteiger partial charge in [0.25, 0.3) is 0 Å². The minimum Gasteiger partial charge on any atom is -0.423 e. The van der Waals surface area contributed by atoms with Crippen LogP contribution in [-0.2, 0) is 14.8 Å². The fraction of sp³-hybridized carbons (Fsp3) is 0.261. The standard InChI is InChI=1S/C23H22ClNO5S/c1-15-13-25(14-16(2)29-15)31(27,28)22-12-19(8-10-21(22)24)23(26)30-20-9-7-17-5-3-4-6-18(17)11-20/h3-12,15-16H,13-14H2,1-2H3. The molecule has 2 unspecified atom stereocenters. The second-order valence-electron chi connectivity index (χ2n) is 7.62. The largest absolute Gasteiger partial charge is 0.423 e. The van der Waals surface area contributed by atoms with Crippen molar-refractivity contribution in [2.24, 2.45) is 0 Å². The maximum Gasteiger partial charge on any atom is 0.343 e. The first-order chi connectivity index (χ1) is 14.7. The van der Waals surface area contributed by atoms with E-state index < -0.39 is 16.0 Å². The van der Waals surface area contributed by atoms with Crippen LogP contribution in [0.3, 0.4) is 0 Å². The molecule has 6 nitrogen and oxygen atoms in total. The molecule has 162 valence electrons. The van der Waals surface area contributed by atoms with Crippen molar-refractivity contribution in [3.05, 3.63) is 71.2 Å². The molecule has 1 aliphatic rings. The van der Waals surface area contributed by atoms with Crippen molar-refractivity contribution >= 4 is 38.4 Å². The zero-order chi connectivity index (χ0) is 22.2. The lowest BCUT2D eigenvalue weighted by atomic mass is 10.1.